The predicted octanol–water partition coefficient (Wildman–Crippen LogP) is 2.81. The average Bonchev–Trinajstić information content (AvgIpc) is 1.96. The molecule has 0 aromatic heterocycles. The lowest BCUT2D eigenvalue weighted by atomic mass is 10.7. The average molecular weight is 156 g/mol. The quantitative estimate of drug-likeness (QED) is 0.533. The third-order valence-corrected chi connectivity index (χ3v) is 0.109. The maximum Gasteiger partial charge on any atom is 0.107 e. The SMILES string of the molecule is C.C.C=CCF.C=O.CF. The molecular formula is C7H18F2O. The molecule has 0 heterocycles. The van der Waals surface area contributed by atoms with E-state index in [1.807, 2.05) is 6.79 Å². The minimum atomic E-state index is -0.417. The number of rotatable bonds is 1. The van der Waals surface area contributed by atoms with Crippen molar-refractivity contribution in [1.82, 2.24) is 0 Å². The molecule has 0 aromatic rings. The van der Waals surface area contributed by atoms with Gasteiger partial charge in [0.1, 0.15) is 13.5 Å². The molecule has 0 saturated carbocycles. The van der Waals surface area contributed by atoms with Crippen LogP contribution in [0, 0.1) is 0 Å². The number of halogens is 2. The lowest BCUT2D eigenvalue weighted by Gasteiger charge is -1.54. The van der Waals surface area contributed by atoms with Crippen LogP contribution in [0.5, 0.6) is 0 Å². The largest absolute Gasteiger partial charge is 0.307 e. The first-order valence-electron chi connectivity index (χ1n) is 1.75. The van der Waals surface area contributed by atoms with Crippen molar-refractivity contribution in [2.24, 2.45) is 0 Å². The van der Waals surface area contributed by atoms with E-state index in [-0.39, 0.29) is 14.9 Å². The molecule has 10 heavy (non-hydrogen) atoms. The molecule has 0 N–H and O–H groups in total. The molecule has 0 aliphatic rings. The van der Waals surface area contributed by atoms with Crippen molar-refractivity contribution in [1.29, 1.82) is 0 Å². The minimum absolute atomic E-state index is 0. The first-order valence-corrected chi connectivity index (χ1v) is 1.75. The molecule has 0 unspecified atom stereocenters. The second-order valence-electron chi connectivity index (χ2n) is 0.443. The topological polar surface area (TPSA) is 17.1 Å². The van der Waals surface area contributed by atoms with Crippen molar-refractivity contribution in [3.05, 3.63) is 12.7 Å². The van der Waals surface area contributed by atoms with Gasteiger partial charge in [0.2, 0.25) is 0 Å². The van der Waals surface area contributed by atoms with Crippen LogP contribution < -0.4 is 0 Å². The molecule has 0 atom stereocenters. The zero-order chi connectivity index (χ0) is 7.41. The summed E-state index contributed by atoms with van der Waals surface area (Å²) in [6.07, 6.45) is 1.21. The van der Waals surface area contributed by atoms with Crippen molar-refractivity contribution in [2.45, 2.75) is 14.9 Å². The van der Waals surface area contributed by atoms with Crippen molar-refractivity contribution in [3.63, 3.8) is 0 Å². The number of hydrogen-bond donors (Lipinski definition) is 0. The maximum atomic E-state index is 10.6. The van der Waals surface area contributed by atoms with Gasteiger partial charge in [-0.1, -0.05) is 20.9 Å². The van der Waals surface area contributed by atoms with Gasteiger partial charge in [-0.15, -0.1) is 6.58 Å². The van der Waals surface area contributed by atoms with E-state index >= 15 is 0 Å². The van der Waals surface area contributed by atoms with Crippen LogP contribution in [0.3, 0.4) is 0 Å². The van der Waals surface area contributed by atoms with Crippen LogP contribution in [-0.2, 0) is 4.79 Å². The number of hydrogen-bond acceptors (Lipinski definition) is 1. The summed E-state index contributed by atoms with van der Waals surface area (Å²) in [6.45, 7) is 4.69. The van der Waals surface area contributed by atoms with E-state index < -0.39 is 6.67 Å². The fourth-order valence-corrected chi connectivity index (χ4v) is 0. The molecule has 0 amide bonds. The molecule has 0 rings (SSSR count). The standard InChI is InChI=1S/C3H5F.CH3F.CH2O.2CH4/c1-2-3-4;2*1-2;;/h2H,1,3H2;1H3;1H2;2*1H4. The number of allylic oxidation sites excluding steroid dienone is 1. The van der Waals surface area contributed by atoms with Crippen LogP contribution in [0.15, 0.2) is 12.7 Å². The van der Waals surface area contributed by atoms with Gasteiger partial charge >= 0.3 is 0 Å². The smallest absolute Gasteiger partial charge is 0.107 e. The Bertz CT molecular complexity index is 32.8. The second-order valence-corrected chi connectivity index (χ2v) is 0.443. The van der Waals surface area contributed by atoms with E-state index in [0.29, 0.717) is 7.18 Å². The van der Waals surface area contributed by atoms with Gasteiger partial charge in [0.15, 0.2) is 0 Å². The Labute approximate surface area is 62.8 Å². The number of alkyl halides is 2. The zero-order valence-corrected chi connectivity index (χ0v) is 4.86. The number of carbonyl (C=O) groups is 1. The maximum absolute atomic E-state index is 10.6. The van der Waals surface area contributed by atoms with Crippen molar-refractivity contribution in [3.8, 4) is 0 Å². The summed E-state index contributed by atoms with van der Waals surface area (Å²) in [4.78, 5) is 8.00. The summed E-state index contributed by atoms with van der Waals surface area (Å²) < 4.78 is 20.1. The third-order valence-electron chi connectivity index (χ3n) is 0.109. The Morgan fingerprint density at radius 1 is 1.30 bits per heavy atom. The Morgan fingerprint density at radius 3 is 1.40 bits per heavy atom. The van der Waals surface area contributed by atoms with Gasteiger partial charge in [-0.05, 0) is 0 Å². The Balaban J connectivity index is -0.0000000125. The van der Waals surface area contributed by atoms with Crippen LogP contribution in [-0.4, -0.2) is 20.6 Å². The minimum Gasteiger partial charge on any atom is -0.307 e. The third kappa shape index (κ3) is 3920. The summed E-state index contributed by atoms with van der Waals surface area (Å²) in [5.41, 5.74) is 0. The molecule has 0 saturated heterocycles. The van der Waals surface area contributed by atoms with Crippen LogP contribution in [0.4, 0.5) is 8.78 Å². The van der Waals surface area contributed by atoms with Gasteiger partial charge in [0.25, 0.3) is 0 Å². The monoisotopic (exact) mass is 156 g/mol. The summed E-state index contributed by atoms with van der Waals surface area (Å²) in [6, 6.07) is 0. The Morgan fingerprint density at radius 2 is 1.40 bits per heavy atom. The van der Waals surface area contributed by atoms with Gasteiger partial charge in [0.05, 0.1) is 7.18 Å². The summed E-state index contributed by atoms with van der Waals surface area (Å²) in [7, 11) is 0.500. The Kier molecular flexibility index (Phi) is 942. The highest BCUT2D eigenvalue weighted by Gasteiger charge is 1.49. The molecule has 66 valence electrons. The summed E-state index contributed by atoms with van der Waals surface area (Å²) in [5.74, 6) is 0. The molecule has 0 aliphatic carbocycles. The van der Waals surface area contributed by atoms with Crippen LogP contribution >= 0.6 is 0 Å². The van der Waals surface area contributed by atoms with Gasteiger partial charge < -0.3 is 4.79 Å². The second kappa shape index (κ2) is 271. The van der Waals surface area contributed by atoms with E-state index in [1.165, 1.54) is 6.08 Å². The van der Waals surface area contributed by atoms with Crippen molar-refractivity contribution < 1.29 is 13.6 Å². The lowest BCUT2D eigenvalue weighted by molar-refractivity contribution is -0.0979. The van der Waals surface area contributed by atoms with E-state index in [2.05, 4.69) is 6.58 Å². The van der Waals surface area contributed by atoms with E-state index in [9.17, 15) is 8.78 Å². The highest BCUT2D eigenvalue weighted by atomic mass is 19.1. The molecule has 0 fully saturated rings. The molecule has 0 radical (unpaired) electrons. The van der Waals surface area contributed by atoms with Gasteiger partial charge in [-0.2, -0.15) is 0 Å². The molecule has 0 spiro atoms. The van der Waals surface area contributed by atoms with E-state index in [0.717, 1.165) is 0 Å². The van der Waals surface area contributed by atoms with Gasteiger partial charge in [-0.25, -0.2) is 4.39 Å². The first kappa shape index (κ1) is 34.8. The van der Waals surface area contributed by atoms with Gasteiger partial charge in [-0.3, -0.25) is 4.39 Å². The van der Waals surface area contributed by atoms with Crippen LogP contribution in [0.2, 0.25) is 0 Å². The highest BCUT2D eigenvalue weighted by Crippen LogP contribution is 1.58. The van der Waals surface area contributed by atoms with Crippen molar-refractivity contribution in [2.75, 3.05) is 13.9 Å². The normalized spacial score (nSPS) is 3.50. The van der Waals surface area contributed by atoms with Crippen molar-refractivity contribution >= 4 is 6.79 Å². The summed E-state index contributed by atoms with van der Waals surface area (Å²) >= 11 is 0. The molecule has 0 aromatic carbocycles. The van der Waals surface area contributed by atoms with Gasteiger partial charge in [0, 0.05) is 0 Å². The first-order chi connectivity index (χ1) is 3.91. The summed E-state index contributed by atoms with van der Waals surface area (Å²) in [5, 5.41) is 0. The predicted molar refractivity (Wildman–Crippen MR) is 43.8 cm³/mol. The Hall–Kier alpha value is -0.730. The zero-order valence-electron chi connectivity index (χ0n) is 4.86. The molecule has 3 heteroatoms. The fraction of sp³-hybridized carbons (Fsp3) is 0.571. The molecular weight excluding hydrogens is 138 g/mol. The van der Waals surface area contributed by atoms with E-state index in [4.69, 9.17) is 4.79 Å². The lowest BCUT2D eigenvalue weighted by Crippen LogP contribution is -1.48. The molecule has 0 aliphatic heterocycles. The molecule has 0 bridgehead atoms. The van der Waals surface area contributed by atoms with Crippen LogP contribution in [0.25, 0.3) is 0 Å². The number of carbonyl (C=O) groups excluding carboxylic acids is 1. The van der Waals surface area contributed by atoms with Crippen LogP contribution in [0.1, 0.15) is 14.9 Å². The van der Waals surface area contributed by atoms with E-state index in [1.54, 1.807) is 0 Å². The fourth-order valence-electron chi connectivity index (χ4n) is 0. The highest BCUT2D eigenvalue weighted by molar-refractivity contribution is 5.10. The molecule has 1 nitrogen and oxygen atoms in total.